The molecule has 0 radical (unpaired) electrons. The van der Waals surface area contributed by atoms with E-state index in [0.717, 1.165) is 19.3 Å². The van der Waals surface area contributed by atoms with Gasteiger partial charge in [-0.05, 0) is 12.8 Å². The first-order chi connectivity index (χ1) is 14.1. The van der Waals surface area contributed by atoms with Crippen LogP contribution in [-0.4, -0.2) is 17.5 Å². The van der Waals surface area contributed by atoms with Gasteiger partial charge in [0.15, 0.2) is 11.5 Å². The summed E-state index contributed by atoms with van der Waals surface area (Å²) < 4.78 is 5.16. The second-order valence-corrected chi connectivity index (χ2v) is 7.89. The van der Waals surface area contributed by atoms with Crippen molar-refractivity contribution in [1.29, 1.82) is 0 Å². The summed E-state index contributed by atoms with van der Waals surface area (Å²) in [4.78, 5) is 37.0. The number of hydrogen-bond donors (Lipinski definition) is 0. The van der Waals surface area contributed by atoms with E-state index in [4.69, 9.17) is 4.74 Å². The van der Waals surface area contributed by atoms with Crippen LogP contribution in [0.3, 0.4) is 0 Å². The van der Waals surface area contributed by atoms with Crippen LogP contribution in [0.15, 0.2) is 35.6 Å². The first kappa shape index (κ1) is 23.1. The van der Waals surface area contributed by atoms with Gasteiger partial charge in [-0.3, -0.25) is 14.4 Å². The summed E-state index contributed by atoms with van der Waals surface area (Å²) in [6.07, 6.45) is 13.9. The Labute approximate surface area is 174 Å². The van der Waals surface area contributed by atoms with Crippen LogP contribution in [0.4, 0.5) is 0 Å². The topological polar surface area (TPSA) is 60.4 Å². The molecule has 0 amide bonds. The molecule has 0 heterocycles. The number of Topliss-reactive ketones (excluding diaryl/α,β-unsaturated/α-hetero) is 2. The first-order valence-corrected chi connectivity index (χ1v) is 11.2. The molecule has 0 bridgehead atoms. The fourth-order valence-electron chi connectivity index (χ4n) is 3.85. The average molecular weight is 399 g/mol. The summed E-state index contributed by atoms with van der Waals surface area (Å²) >= 11 is 0. The Morgan fingerprint density at radius 2 is 1.24 bits per heavy atom. The first-order valence-electron chi connectivity index (χ1n) is 11.2. The molecule has 1 aromatic rings. The van der Waals surface area contributed by atoms with Gasteiger partial charge in [-0.25, -0.2) is 0 Å². The largest absolute Gasteiger partial charge is 0.422 e. The molecule has 158 valence electrons. The van der Waals surface area contributed by atoms with Gasteiger partial charge in [-0.1, -0.05) is 95.4 Å². The van der Waals surface area contributed by atoms with E-state index < -0.39 is 5.97 Å². The molecule has 2 rings (SSSR count). The van der Waals surface area contributed by atoms with Gasteiger partial charge in [0, 0.05) is 23.6 Å². The van der Waals surface area contributed by atoms with Crippen molar-refractivity contribution in [3.05, 3.63) is 46.7 Å². The minimum Gasteiger partial charge on any atom is -0.422 e. The number of ether oxygens (including phenoxy) is 1. The summed E-state index contributed by atoms with van der Waals surface area (Å²) in [5, 5.41) is 0. The number of benzene rings is 1. The molecule has 1 aliphatic carbocycles. The molecule has 0 fully saturated rings. The highest BCUT2D eigenvalue weighted by molar-refractivity contribution is 6.26. The molecule has 1 aromatic carbocycles. The van der Waals surface area contributed by atoms with Gasteiger partial charge in [-0.2, -0.15) is 0 Å². The summed E-state index contributed by atoms with van der Waals surface area (Å²) in [5.41, 5.74) is 1.07. The van der Waals surface area contributed by atoms with E-state index in [9.17, 15) is 14.4 Å². The quantitative estimate of drug-likeness (QED) is 0.278. The third-order valence-electron chi connectivity index (χ3n) is 5.45. The van der Waals surface area contributed by atoms with Crippen molar-refractivity contribution < 1.29 is 19.1 Å². The Bertz CT molecular complexity index is 745. The van der Waals surface area contributed by atoms with Crippen molar-refractivity contribution in [2.24, 2.45) is 0 Å². The number of unbranched alkanes of at least 4 members (excludes halogenated alkanes) is 10. The maximum atomic E-state index is 12.9. The number of carbonyl (C=O) groups is 3. The number of carbonyl (C=O) groups excluding carboxylic acids is 3. The lowest BCUT2D eigenvalue weighted by atomic mass is 9.86. The number of esters is 1. The minimum atomic E-state index is -0.572. The Kier molecular flexibility index (Phi) is 9.82. The van der Waals surface area contributed by atoms with Crippen molar-refractivity contribution in [3.8, 4) is 0 Å². The molecule has 0 atom stereocenters. The van der Waals surface area contributed by atoms with E-state index in [1.54, 1.807) is 24.3 Å². The molecule has 29 heavy (non-hydrogen) atoms. The summed E-state index contributed by atoms with van der Waals surface area (Å²) in [6, 6.07) is 6.74. The molecule has 0 saturated heterocycles. The van der Waals surface area contributed by atoms with Gasteiger partial charge in [-0.15, -0.1) is 0 Å². The van der Waals surface area contributed by atoms with Crippen LogP contribution in [0.25, 0.3) is 0 Å². The van der Waals surface area contributed by atoms with Crippen molar-refractivity contribution in [2.75, 3.05) is 0 Å². The maximum absolute atomic E-state index is 12.9. The second kappa shape index (κ2) is 12.4. The summed E-state index contributed by atoms with van der Waals surface area (Å²) in [6.45, 7) is 3.49. The van der Waals surface area contributed by atoms with Crippen molar-refractivity contribution in [1.82, 2.24) is 0 Å². The van der Waals surface area contributed by atoms with Gasteiger partial charge >= 0.3 is 5.97 Å². The number of hydrogen-bond acceptors (Lipinski definition) is 4. The van der Waals surface area contributed by atoms with Gasteiger partial charge < -0.3 is 4.74 Å². The van der Waals surface area contributed by atoms with Crippen LogP contribution in [0, 0.1) is 0 Å². The summed E-state index contributed by atoms with van der Waals surface area (Å²) in [5.74, 6) is -1.21. The Hall–Kier alpha value is -2.23. The van der Waals surface area contributed by atoms with Crippen LogP contribution >= 0.6 is 0 Å². The standard InChI is InChI=1S/C25H34O4/c1-3-4-5-6-7-8-9-10-11-12-13-18-22-23(27)20-16-14-15-17-21(20)24(28)25(22)29-19(2)26/h14-17H,3-13,18H2,1-2H3. The number of ketones is 2. The highest BCUT2D eigenvalue weighted by Gasteiger charge is 2.33. The Morgan fingerprint density at radius 1 is 0.759 bits per heavy atom. The van der Waals surface area contributed by atoms with Gasteiger partial charge in [0.25, 0.3) is 0 Å². The maximum Gasteiger partial charge on any atom is 0.308 e. The van der Waals surface area contributed by atoms with E-state index in [0.29, 0.717) is 23.1 Å². The lowest BCUT2D eigenvalue weighted by molar-refractivity contribution is -0.136. The molecule has 1 aliphatic rings. The van der Waals surface area contributed by atoms with Gasteiger partial charge in [0.2, 0.25) is 5.78 Å². The molecule has 0 saturated carbocycles. The van der Waals surface area contributed by atoms with Gasteiger partial charge in [0.1, 0.15) is 0 Å². The van der Waals surface area contributed by atoms with Crippen LogP contribution in [-0.2, 0) is 9.53 Å². The van der Waals surface area contributed by atoms with Crippen molar-refractivity contribution >= 4 is 17.5 Å². The second-order valence-electron chi connectivity index (χ2n) is 7.89. The zero-order valence-electron chi connectivity index (χ0n) is 17.9. The zero-order chi connectivity index (χ0) is 21.1. The van der Waals surface area contributed by atoms with E-state index in [1.165, 1.54) is 58.3 Å². The van der Waals surface area contributed by atoms with Crippen LogP contribution in [0.1, 0.15) is 112 Å². The predicted octanol–water partition coefficient (Wildman–Crippen LogP) is 6.58. The van der Waals surface area contributed by atoms with Crippen LogP contribution in [0.5, 0.6) is 0 Å². The zero-order valence-corrected chi connectivity index (χ0v) is 17.9. The predicted molar refractivity (Wildman–Crippen MR) is 115 cm³/mol. The molecule has 0 aromatic heterocycles. The minimum absolute atomic E-state index is 0.0757. The number of allylic oxidation sites excluding steroid dienone is 2. The molecular weight excluding hydrogens is 364 g/mol. The molecule has 4 heteroatoms. The fraction of sp³-hybridized carbons (Fsp3) is 0.560. The molecule has 0 spiro atoms. The lowest BCUT2D eigenvalue weighted by Crippen LogP contribution is -2.24. The molecule has 4 nitrogen and oxygen atoms in total. The normalized spacial score (nSPS) is 13.6. The molecule has 0 aliphatic heterocycles. The SMILES string of the molecule is CCCCCCCCCCCCCC1=C(OC(C)=O)C(=O)c2ccccc2C1=O. The van der Waals surface area contributed by atoms with E-state index in [2.05, 4.69) is 6.92 Å². The van der Waals surface area contributed by atoms with E-state index in [-0.39, 0.29) is 17.3 Å². The fourth-order valence-corrected chi connectivity index (χ4v) is 3.85. The Morgan fingerprint density at radius 3 is 1.76 bits per heavy atom. The average Bonchev–Trinajstić information content (AvgIpc) is 2.71. The number of fused-ring (bicyclic) bond motifs is 1. The highest BCUT2D eigenvalue weighted by Crippen LogP contribution is 2.30. The van der Waals surface area contributed by atoms with Gasteiger partial charge in [0.05, 0.1) is 0 Å². The third kappa shape index (κ3) is 6.95. The molecule has 0 unspecified atom stereocenters. The Balaban J connectivity index is 1.82. The van der Waals surface area contributed by atoms with E-state index in [1.807, 2.05) is 0 Å². The monoisotopic (exact) mass is 398 g/mol. The van der Waals surface area contributed by atoms with Crippen molar-refractivity contribution in [2.45, 2.75) is 90.9 Å². The van der Waals surface area contributed by atoms with Crippen molar-refractivity contribution in [3.63, 3.8) is 0 Å². The van der Waals surface area contributed by atoms with Crippen LogP contribution < -0.4 is 0 Å². The highest BCUT2D eigenvalue weighted by atomic mass is 16.5. The van der Waals surface area contributed by atoms with E-state index >= 15 is 0 Å². The third-order valence-corrected chi connectivity index (χ3v) is 5.45. The molecular formula is C25H34O4. The number of rotatable bonds is 13. The van der Waals surface area contributed by atoms with Crippen LogP contribution in [0.2, 0.25) is 0 Å². The summed E-state index contributed by atoms with van der Waals surface area (Å²) in [7, 11) is 0. The smallest absolute Gasteiger partial charge is 0.308 e. The lowest BCUT2D eigenvalue weighted by Gasteiger charge is -2.20. The molecule has 0 N–H and O–H groups in total.